The highest BCUT2D eigenvalue weighted by Crippen LogP contribution is 2.32. The summed E-state index contributed by atoms with van der Waals surface area (Å²) < 4.78 is 8.35. The van der Waals surface area contributed by atoms with Gasteiger partial charge in [0.25, 0.3) is 5.56 Å². The summed E-state index contributed by atoms with van der Waals surface area (Å²) in [5.74, 6) is 0.661. The molecule has 0 saturated carbocycles. The summed E-state index contributed by atoms with van der Waals surface area (Å²) in [6.45, 7) is 2.00. The van der Waals surface area contributed by atoms with Gasteiger partial charge in [-0.05, 0) is 86.8 Å². The predicted molar refractivity (Wildman–Crippen MR) is 126 cm³/mol. The molecule has 0 aliphatic heterocycles. The smallest absolute Gasteiger partial charge is 0.298 e. The zero-order chi connectivity index (χ0) is 21.5. The van der Waals surface area contributed by atoms with Crippen LogP contribution >= 0.6 is 31.9 Å². The van der Waals surface area contributed by atoms with Gasteiger partial charge in [-0.15, -0.1) is 0 Å². The third kappa shape index (κ3) is 3.51. The number of nitrogens with zero attached hydrogens (tertiary/aromatic N) is 4. The standard InChI is InChI=1S/C23H14Br2N4O2/c1-13-8-14(19-11-26-12-31-19)10-15(9-13)20-16-4-3-7-27-21(16)23(30)29(28-20)22-17(24)5-2-6-18(22)25/h2-12H,1H3. The molecule has 0 bridgehead atoms. The summed E-state index contributed by atoms with van der Waals surface area (Å²) in [6, 6.07) is 15.3. The lowest BCUT2D eigenvalue weighted by Gasteiger charge is -2.14. The van der Waals surface area contributed by atoms with Crippen LogP contribution in [0, 0.1) is 6.92 Å². The summed E-state index contributed by atoms with van der Waals surface area (Å²) in [5.41, 5.74) is 4.07. The van der Waals surface area contributed by atoms with Gasteiger partial charge in [-0.3, -0.25) is 9.78 Å². The number of hydrogen-bond acceptors (Lipinski definition) is 5. The maximum atomic E-state index is 13.3. The van der Waals surface area contributed by atoms with E-state index in [0.717, 1.165) is 25.6 Å². The highest BCUT2D eigenvalue weighted by atomic mass is 79.9. The monoisotopic (exact) mass is 536 g/mol. The number of pyridine rings is 1. The number of para-hydroxylation sites is 1. The minimum atomic E-state index is -0.296. The summed E-state index contributed by atoms with van der Waals surface area (Å²) in [4.78, 5) is 21.7. The first kappa shape index (κ1) is 19.8. The van der Waals surface area contributed by atoms with E-state index in [0.29, 0.717) is 28.0 Å². The molecule has 0 saturated heterocycles. The second-order valence-electron chi connectivity index (χ2n) is 6.99. The Balaban J connectivity index is 1.85. The van der Waals surface area contributed by atoms with Crippen LogP contribution in [0.4, 0.5) is 0 Å². The van der Waals surface area contributed by atoms with E-state index < -0.39 is 0 Å². The van der Waals surface area contributed by atoms with E-state index in [2.05, 4.69) is 41.8 Å². The highest BCUT2D eigenvalue weighted by molar-refractivity contribution is 9.11. The fourth-order valence-corrected chi connectivity index (χ4v) is 4.88. The van der Waals surface area contributed by atoms with Gasteiger partial charge in [0.15, 0.2) is 12.2 Å². The van der Waals surface area contributed by atoms with Crippen LogP contribution in [0.3, 0.4) is 0 Å². The second-order valence-corrected chi connectivity index (χ2v) is 8.70. The molecule has 6 nitrogen and oxygen atoms in total. The molecule has 5 aromatic rings. The van der Waals surface area contributed by atoms with Crippen LogP contribution in [0.15, 0.2) is 85.5 Å². The Labute approximate surface area is 193 Å². The Morgan fingerprint density at radius 2 is 1.77 bits per heavy atom. The molecular formula is C23H14Br2N4O2. The molecule has 152 valence electrons. The third-order valence-electron chi connectivity index (χ3n) is 4.87. The quantitative estimate of drug-likeness (QED) is 0.285. The molecule has 31 heavy (non-hydrogen) atoms. The number of aromatic nitrogens is 4. The Morgan fingerprint density at radius 1 is 1.00 bits per heavy atom. The topological polar surface area (TPSA) is 73.8 Å². The average Bonchev–Trinajstić information content (AvgIpc) is 3.30. The lowest BCUT2D eigenvalue weighted by Crippen LogP contribution is -2.23. The van der Waals surface area contributed by atoms with Crippen molar-refractivity contribution >= 4 is 42.8 Å². The summed E-state index contributed by atoms with van der Waals surface area (Å²) in [6.07, 6.45) is 4.69. The summed E-state index contributed by atoms with van der Waals surface area (Å²) >= 11 is 7.09. The minimum Gasteiger partial charge on any atom is -0.444 e. The van der Waals surface area contributed by atoms with Crippen LogP contribution in [0.5, 0.6) is 0 Å². The van der Waals surface area contributed by atoms with E-state index in [-0.39, 0.29) is 5.56 Å². The van der Waals surface area contributed by atoms with Crippen LogP contribution < -0.4 is 5.56 Å². The fourth-order valence-electron chi connectivity index (χ4n) is 3.54. The highest BCUT2D eigenvalue weighted by Gasteiger charge is 2.18. The van der Waals surface area contributed by atoms with Crippen LogP contribution in [0.2, 0.25) is 0 Å². The third-order valence-corrected chi connectivity index (χ3v) is 6.15. The molecule has 5 rings (SSSR count). The van der Waals surface area contributed by atoms with Crippen molar-refractivity contribution < 1.29 is 4.42 Å². The number of hydrogen-bond donors (Lipinski definition) is 0. The van der Waals surface area contributed by atoms with Crippen molar-refractivity contribution in [3.8, 4) is 28.3 Å². The van der Waals surface area contributed by atoms with Gasteiger partial charge < -0.3 is 4.42 Å². The number of oxazole rings is 1. The first-order valence-corrected chi connectivity index (χ1v) is 10.9. The zero-order valence-corrected chi connectivity index (χ0v) is 19.4. The Morgan fingerprint density at radius 3 is 2.52 bits per heavy atom. The van der Waals surface area contributed by atoms with Gasteiger partial charge in [-0.1, -0.05) is 6.07 Å². The molecule has 0 radical (unpaired) electrons. The average molecular weight is 538 g/mol. The molecule has 8 heteroatoms. The van der Waals surface area contributed by atoms with Crippen molar-refractivity contribution in [3.63, 3.8) is 0 Å². The maximum Gasteiger partial charge on any atom is 0.298 e. The molecule has 3 heterocycles. The van der Waals surface area contributed by atoms with Gasteiger partial charge in [-0.2, -0.15) is 9.78 Å². The van der Waals surface area contributed by atoms with E-state index in [1.165, 1.54) is 11.1 Å². The Hall–Kier alpha value is -3.10. The van der Waals surface area contributed by atoms with Crippen molar-refractivity contribution in [2.75, 3.05) is 0 Å². The summed E-state index contributed by atoms with van der Waals surface area (Å²) in [5, 5.41) is 5.47. The number of aryl methyl sites for hydroxylation is 1. The van der Waals surface area contributed by atoms with Crippen molar-refractivity contribution in [3.05, 3.63) is 92.2 Å². The molecule has 0 N–H and O–H groups in total. The van der Waals surface area contributed by atoms with Crippen molar-refractivity contribution in [2.24, 2.45) is 0 Å². The number of halogens is 2. The molecule has 0 unspecified atom stereocenters. The zero-order valence-electron chi connectivity index (χ0n) is 16.2. The minimum absolute atomic E-state index is 0.296. The van der Waals surface area contributed by atoms with Crippen molar-refractivity contribution in [2.45, 2.75) is 6.92 Å². The van der Waals surface area contributed by atoms with Gasteiger partial charge in [0.05, 0.1) is 11.9 Å². The largest absolute Gasteiger partial charge is 0.444 e. The predicted octanol–water partition coefficient (Wildman–Crippen LogP) is 5.94. The molecule has 0 aliphatic rings. The first-order valence-electron chi connectivity index (χ1n) is 9.36. The van der Waals surface area contributed by atoms with E-state index in [9.17, 15) is 4.79 Å². The molecule has 0 atom stereocenters. The fraction of sp³-hybridized carbons (Fsp3) is 0.0435. The van der Waals surface area contributed by atoms with Gasteiger partial charge in [0.2, 0.25) is 0 Å². The molecule has 0 aliphatic carbocycles. The van der Waals surface area contributed by atoms with Crippen LogP contribution in [0.1, 0.15) is 5.56 Å². The molecule has 0 amide bonds. The van der Waals surface area contributed by atoms with Gasteiger partial charge >= 0.3 is 0 Å². The van der Waals surface area contributed by atoms with Crippen molar-refractivity contribution in [1.82, 2.24) is 19.7 Å². The van der Waals surface area contributed by atoms with E-state index >= 15 is 0 Å². The molecule has 0 fully saturated rings. The number of fused-ring (bicyclic) bond motifs is 1. The van der Waals surface area contributed by atoms with Crippen LogP contribution in [0.25, 0.3) is 39.2 Å². The summed E-state index contributed by atoms with van der Waals surface area (Å²) in [7, 11) is 0. The molecule has 3 aromatic heterocycles. The Kier molecular flexibility index (Phi) is 5.03. The second kappa shape index (κ2) is 7.86. The lowest BCUT2D eigenvalue weighted by atomic mass is 10.0. The van der Waals surface area contributed by atoms with Crippen LogP contribution in [-0.4, -0.2) is 19.7 Å². The number of rotatable bonds is 3. The number of benzene rings is 2. The van der Waals surface area contributed by atoms with Gasteiger partial charge in [0, 0.05) is 31.7 Å². The molecular weight excluding hydrogens is 524 g/mol. The molecule has 0 spiro atoms. The first-order chi connectivity index (χ1) is 15.0. The van der Waals surface area contributed by atoms with Gasteiger partial charge in [-0.25, -0.2) is 4.98 Å². The van der Waals surface area contributed by atoms with Gasteiger partial charge in [0.1, 0.15) is 11.2 Å². The van der Waals surface area contributed by atoms with Crippen molar-refractivity contribution in [1.29, 1.82) is 0 Å². The van der Waals surface area contributed by atoms with E-state index in [1.54, 1.807) is 18.5 Å². The lowest BCUT2D eigenvalue weighted by molar-refractivity contribution is 0.572. The molecule has 2 aromatic carbocycles. The normalized spacial score (nSPS) is 11.2. The van der Waals surface area contributed by atoms with E-state index in [1.807, 2.05) is 49.4 Å². The Bertz CT molecular complexity index is 1470. The SMILES string of the molecule is Cc1cc(-c2cnco2)cc(-c2nn(-c3c(Br)cccc3Br)c(=O)c3ncccc23)c1. The maximum absolute atomic E-state index is 13.3. The van der Waals surface area contributed by atoms with Crippen LogP contribution in [-0.2, 0) is 0 Å². The van der Waals surface area contributed by atoms with E-state index in [4.69, 9.17) is 9.52 Å².